The maximum absolute atomic E-state index is 6.04. The third-order valence-electron chi connectivity index (χ3n) is 2.59. The summed E-state index contributed by atoms with van der Waals surface area (Å²) in [4.78, 5) is 0. The van der Waals surface area contributed by atoms with Gasteiger partial charge in [0, 0.05) is 21.8 Å². The van der Waals surface area contributed by atoms with E-state index in [0.717, 1.165) is 15.8 Å². The Bertz CT molecular complexity index is 590. The summed E-state index contributed by atoms with van der Waals surface area (Å²) >= 11 is 9.52. The van der Waals surface area contributed by atoms with E-state index in [1.165, 1.54) is 0 Å². The molecule has 0 atom stereocenters. The summed E-state index contributed by atoms with van der Waals surface area (Å²) in [5, 5.41) is 0.535. The molecular weight excluding hydrogens is 330 g/mol. The van der Waals surface area contributed by atoms with Gasteiger partial charge in [0.25, 0.3) is 0 Å². The Hall–Kier alpha value is -1.39. The molecule has 0 fully saturated rings. The van der Waals surface area contributed by atoms with Gasteiger partial charge in [0.15, 0.2) is 0 Å². The Morgan fingerprint density at radius 1 is 1.21 bits per heavy atom. The van der Waals surface area contributed by atoms with E-state index in [1.807, 2.05) is 18.2 Å². The zero-order valence-corrected chi connectivity index (χ0v) is 12.7. The lowest BCUT2D eigenvalue weighted by Gasteiger charge is -2.11. The van der Waals surface area contributed by atoms with E-state index in [4.69, 9.17) is 26.8 Å². The highest BCUT2D eigenvalue weighted by molar-refractivity contribution is 9.10. The van der Waals surface area contributed by atoms with Crippen molar-refractivity contribution in [1.82, 2.24) is 0 Å². The Labute approximate surface area is 125 Å². The van der Waals surface area contributed by atoms with Crippen LogP contribution in [0.3, 0.4) is 0 Å². The highest BCUT2D eigenvalue weighted by Crippen LogP contribution is 2.29. The number of hydrogen-bond acceptors (Lipinski definition) is 3. The molecule has 0 aromatic heterocycles. The first kappa shape index (κ1) is 14.0. The second-order valence-corrected chi connectivity index (χ2v) is 5.20. The van der Waals surface area contributed by atoms with Crippen LogP contribution in [0.1, 0.15) is 5.56 Å². The third-order valence-corrected chi connectivity index (χ3v) is 3.68. The van der Waals surface area contributed by atoms with Gasteiger partial charge in [0.2, 0.25) is 0 Å². The highest BCUT2D eigenvalue weighted by atomic mass is 79.9. The fourth-order valence-electron chi connectivity index (χ4n) is 1.57. The van der Waals surface area contributed by atoms with Gasteiger partial charge in [-0.25, -0.2) is 0 Å². The summed E-state index contributed by atoms with van der Waals surface area (Å²) in [5.74, 6) is 1.34. The van der Waals surface area contributed by atoms with Crippen LogP contribution in [0.25, 0.3) is 0 Å². The van der Waals surface area contributed by atoms with Gasteiger partial charge in [-0.15, -0.1) is 0 Å². The molecule has 0 saturated carbocycles. The van der Waals surface area contributed by atoms with Gasteiger partial charge in [-0.05, 0) is 30.3 Å². The number of ether oxygens (including phenoxy) is 2. The Balaban J connectivity index is 2.16. The average Bonchev–Trinajstić information content (AvgIpc) is 2.41. The molecule has 2 N–H and O–H groups in total. The molecule has 100 valence electrons. The first-order valence-corrected chi connectivity index (χ1v) is 6.77. The minimum absolute atomic E-state index is 0.376. The van der Waals surface area contributed by atoms with E-state index in [1.54, 1.807) is 25.3 Å². The maximum Gasteiger partial charge on any atom is 0.140 e. The molecule has 19 heavy (non-hydrogen) atoms. The van der Waals surface area contributed by atoms with Crippen LogP contribution < -0.4 is 15.2 Å². The number of rotatable bonds is 4. The van der Waals surface area contributed by atoms with Gasteiger partial charge >= 0.3 is 0 Å². The van der Waals surface area contributed by atoms with Crippen molar-refractivity contribution in [3.05, 3.63) is 51.5 Å². The van der Waals surface area contributed by atoms with Gasteiger partial charge in [0.05, 0.1) is 12.1 Å². The normalized spacial score (nSPS) is 10.3. The lowest BCUT2D eigenvalue weighted by molar-refractivity contribution is 0.305. The van der Waals surface area contributed by atoms with Crippen molar-refractivity contribution in [2.45, 2.75) is 6.61 Å². The molecule has 5 heteroatoms. The molecule has 0 aliphatic rings. The molecule has 0 bridgehead atoms. The Morgan fingerprint density at radius 2 is 2.00 bits per heavy atom. The van der Waals surface area contributed by atoms with Gasteiger partial charge in [-0.1, -0.05) is 27.5 Å². The van der Waals surface area contributed by atoms with E-state index in [0.29, 0.717) is 23.1 Å². The molecule has 3 nitrogen and oxygen atoms in total. The highest BCUT2D eigenvalue weighted by Gasteiger charge is 2.06. The first-order valence-electron chi connectivity index (χ1n) is 5.60. The smallest absolute Gasteiger partial charge is 0.140 e. The van der Waals surface area contributed by atoms with E-state index >= 15 is 0 Å². The second kappa shape index (κ2) is 6.17. The molecule has 0 unspecified atom stereocenters. The molecule has 0 aliphatic heterocycles. The van der Waals surface area contributed by atoms with Crippen LogP contribution in [0.2, 0.25) is 5.02 Å². The summed E-state index contributed by atoms with van der Waals surface area (Å²) in [7, 11) is 1.63. The molecule has 2 aromatic rings. The van der Waals surface area contributed by atoms with Crippen molar-refractivity contribution in [3.8, 4) is 11.5 Å². The number of halogens is 2. The standard InChI is InChI=1S/C14H13BrClNO2/c1-18-11-3-4-12(15)9(6-11)8-19-14-7-10(17)2-5-13(14)16/h2-7H,8,17H2,1H3. The Kier molecular flexibility index (Phi) is 4.56. The minimum Gasteiger partial charge on any atom is -0.497 e. The molecule has 2 rings (SSSR count). The van der Waals surface area contributed by atoms with Crippen LogP contribution in [-0.2, 0) is 6.61 Å². The van der Waals surface area contributed by atoms with Gasteiger partial charge in [-0.2, -0.15) is 0 Å². The van der Waals surface area contributed by atoms with Crippen molar-refractivity contribution >= 4 is 33.2 Å². The van der Waals surface area contributed by atoms with Crippen LogP contribution in [0.4, 0.5) is 5.69 Å². The monoisotopic (exact) mass is 341 g/mol. The predicted molar refractivity (Wildman–Crippen MR) is 80.9 cm³/mol. The van der Waals surface area contributed by atoms with Crippen LogP contribution in [0, 0.1) is 0 Å². The number of methoxy groups -OCH3 is 1. The largest absolute Gasteiger partial charge is 0.497 e. The minimum atomic E-state index is 0.376. The van der Waals surface area contributed by atoms with Crippen LogP contribution in [0.15, 0.2) is 40.9 Å². The van der Waals surface area contributed by atoms with E-state index in [-0.39, 0.29) is 0 Å². The van der Waals surface area contributed by atoms with Crippen molar-refractivity contribution in [2.75, 3.05) is 12.8 Å². The number of hydrogen-bond donors (Lipinski definition) is 1. The topological polar surface area (TPSA) is 44.5 Å². The molecule has 0 saturated heterocycles. The van der Waals surface area contributed by atoms with E-state index < -0.39 is 0 Å². The van der Waals surface area contributed by atoms with Gasteiger partial charge < -0.3 is 15.2 Å². The maximum atomic E-state index is 6.04. The summed E-state index contributed by atoms with van der Waals surface area (Å²) in [6.07, 6.45) is 0. The molecule has 0 aliphatic carbocycles. The molecule has 2 aromatic carbocycles. The van der Waals surface area contributed by atoms with Crippen LogP contribution in [-0.4, -0.2) is 7.11 Å². The van der Waals surface area contributed by atoms with Crippen LogP contribution in [0.5, 0.6) is 11.5 Å². The fraction of sp³-hybridized carbons (Fsp3) is 0.143. The van der Waals surface area contributed by atoms with Crippen molar-refractivity contribution in [1.29, 1.82) is 0 Å². The zero-order valence-electron chi connectivity index (χ0n) is 10.3. The molecule has 0 radical (unpaired) electrons. The molecule has 0 amide bonds. The van der Waals surface area contributed by atoms with E-state index in [2.05, 4.69) is 15.9 Å². The fourth-order valence-corrected chi connectivity index (χ4v) is 2.11. The molecule has 0 heterocycles. The number of anilines is 1. The molecule has 0 spiro atoms. The summed E-state index contributed by atoms with van der Waals surface area (Å²) in [6, 6.07) is 10.9. The average molecular weight is 343 g/mol. The first-order chi connectivity index (χ1) is 9.10. The van der Waals surface area contributed by atoms with Gasteiger partial charge in [0.1, 0.15) is 18.1 Å². The molecular formula is C14H13BrClNO2. The zero-order chi connectivity index (χ0) is 13.8. The Morgan fingerprint density at radius 3 is 2.74 bits per heavy atom. The van der Waals surface area contributed by atoms with Crippen molar-refractivity contribution in [3.63, 3.8) is 0 Å². The lowest BCUT2D eigenvalue weighted by atomic mass is 10.2. The van der Waals surface area contributed by atoms with Crippen LogP contribution >= 0.6 is 27.5 Å². The van der Waals surface area contributed by atoms with Crippen molar-refractivity contribution in [2.24, 2.45) is 0 Å². The number of nitrogens with two attached hydrogens (primary N) is 1. The summed E-state index contributed by atoms with van der Waals surface area (Å²) in [6.45, 7) is 0.376. The second-order valence-electron chi connectivity index (χ2n) is 3.94. The summed E-state index contributed by atoms with van der Waals surface area (Å²) in [5.41, 5.74) is 7.29. The van der Waals surface area contributed by atoms with Gasteiger partial charge in [-0.3, -0.25) is 0 Å². The predicted octanol–water partition coefficient (Wildman–Crippen LogP) is 4.27. The van der Waals surface area contributed by atoms with E-state index in [9.17, 15) is 0 Å². The number of nitrogen functional groups attached to an aromatic ring is 1. The SMILES string of the molecule is COc1ccc(Br)c(COc2cc(N)ccc2Cl)c1. The summed E-state index contributed by atoms with van der Waals surface area (Å²) < 4.78 is 11.8. The van der Waals surface area contributed by atoms with Crippen molar-refractivity contribution < 1.29 is 9.47 Å². The quantitative estimate of drug-likeness (QED) is 0.844. The lowest BCUT2D eigenvalue weighted by Crippen LogP contribution is -1.98. The third kappa shape index (κ3) is 3.55. The number of benzene rings is 2.